The number of halogens is 1. The fraction of sp³-hybridized carbons (Fsp3) is 0.375. The molecule has 0 bridgehead atoms. The Morgan fingerprint density at radius 1 is 1.16 bits per heavy atom. The number of hydrogen-bond acceptors (Lipinski definition) is 7. The first-order valence-electron chi connectivity index (χ1n) is 8.14. The summed E-state index contributed by atoms with van der Waals surface area (Å²) in [6.07, 6.45) is 5.46. The third-order valence-electron chi connectivity index (χ3n) is 4.14. The second-order valence-corrected chi connectivity index (χ2v) is 6.00. The van der Waals surface area contributed by atoms with Crippen LogP contribution in [0.3, 0.4) is 0 Å². The zero-order valence-electron chi connectivity index (χ0n) is 13.5. The second-order valence-electron chi connectivity index (χ2n) is 6.00. The minimum absolute atomic E-state index is 0.0255. The highest BCUT2D eigenvalue weighted by Gasteiger charge is 2.24. The summed E-state index contributed by atoms with van der Waals surface area (Å²) in [5.41, 5.74) is 5.83. The standard InChI is InChI=1S/C16H19FN6O2/c17-10-6-8-12(9-7-10)19-15-13(23(24)25)14(18)21-16(22-15)20-11-4-2-1-3-5-11/h6-9,11H,1-5H2,(H4,18,19,20,21,22). The van der Waals surface area contributed by atoms with E-state index in [1.165, 1.54) is 30.7 Å². The van der Waals surface area contributed by atoms with Crippen molar-refractivity contribution >= 4 is 29.0 Å². The average molecular weight is 346 g/mol. The van der Waals surface area contributed by atoms with Gasteiger partial charge in [-0.05, 0) is 37.1 Å². The minimum Gasteiger partial charge on any atom is -0.378 e. The number of benzene rings is 1. The highest BCUT2D eigenvalue weighted by Crippen LogP contribution is 2.32. The molecule has 0 spiro atoms. The Morgan fingerprint density at radius 2 is 1.84 bits per heavy atom. The lowest BCUT2D eigenvalue weighted by Crippen LogP contribution is -2.24. The quantitative estimate of drug-likeness (QED) is 0.559. The molecule has 3 rings (SSSR count). The molecule has 1 aliphatic carbocycles. The average Bonchev–Trinajstić information content (AvgIpc) is 2.57. The largest absolute Gasteiger partial charge is 0.378 e. The number of anilines is 4. The van der Waals surface area contributed by atoms with Crippen LogP contribution in [-0.4, -0.2) is 20.9 Å². The van der Waals surface area contributed by atoms with Gasteiger partial charge in [-0.3, -0.25) is 10.1 Å². The number of nitro groups is 1. The van der Waals surface area contributed by atoms with Crippen molar-refractivity contribution in [2.45, 2.75) is 38.1 Å². The van der Waals surface area contributed by atoms with Crippen molar-refractivity contribution in [3.05, 3.63) is 40.2 Å². The monoisotopic (exact) mass is 346 g/mol. The van der Waals surface area contributed by atoms with Crippen LogP contribution in [0.4, 0.5) is 33.3 Å². The third-order valence-corrected chi connectivity index (χ3v) is 4.14. The zero-order chi connectivity index (χ0) is 17.8. The summed E-state index contributed by atoms with van der Waals surface area (Å²) >= 11 is 0. The van der Waals surface area contributed by atoms with Crippen molar-refractivity contribution in [3.63, 3.8) is 0 Å². The van der Waals surface area contributed by atoms with Gasteiger partial charge < -0.3 is 16.4 Å². The Hall–Kier alpha value is -2.97. The van der Waals surface area contributed by atoms with Gasteiger partial charge in [0.25, 0.3) is 0 Å². The molecule has 1 aliphatic rings. The van der Waals surface area contributed by atoms with Crippen LogP contribution in [0, 0.1) is 15.9 Å². The normalized spacial score (nSPS) is 14.9. The van der Waals surface area contributed by atoms with Gasteiger partial charge in [-0.15, -0.1) is 0 Å². The van der Waals surface area contributed by atoms with Gasteiger partial charge in [0.15, 0.2) is 0 Å². The molecule has 1 heterocycles. The highest BCUT2D eigenvalue weighted by atomic mass is 19.1. The SMILES string of the molecule is Nc1nc(NC2CCCCC2)nc(Nc2ccc(F)cc2)c1[N+](=O)[O-]. The summed E-state index contributed by atoms with van der Waals surface area (Å²) in [6.45, 7) is 0. The Morgan fingerprint density at radius 3 is 2.48 bits per heavy atom. The van der Waals surface area contributed by atoms with Crippen LogP contribution < -0.4 is 16.4 Å². The van der Waals surface area contributed by atoms with E-state index >= 15 is 0 Å². The lowest BCUT2D eigenvalue weighted by molar-refractivity contribution is -0.383. The third kappa shape index (κ3) is 4.11. The second kappa shape index (κ2) is 7.29. The fourth-order valence-corrected chi connectivity index (χ4v) is 2.90. The van der Waals surface area contributed by atoms with Crippen LogP contribution in [-0.2, 0) is 0 Å². The minimum atomic E-state index is -0.633. The summed E-state index contributed by atoms with van der Waals surface area (Å²) in [7, 11) is 0. The van der Waals surface area contributed by atoms with E-state index in [-0.39, 0.29) is 23.6 Å². The summed E-state index contributed by atoms with van der Waals surface area (Å²) in [4.78, 5) is 18.9. The van der Waals surface area contributed by atoms with Crippen LogP contribution >= 0.6 is 0 Å². The number of nitrogen functional groups attached to an aromatic ring is 1. The van der Waals surface area contributed by atoms with Gasteiger partial charge in [-0.1, -0.05) is 19.3 Å². The molecule has 2 aromatic rings. The molecule has 0 saturated heterocycles. The summed E-state index contributed by atoms with van der Waals surface area (Å²) in [5.74, 6) is -0.396. The van der Waals surface area contributed by atoms with E-state index in [0.29, 0.717) is 5.69 Å². The number of nitrogens with zero attached hydrogens (tertiary/aromatic N) is 3. The number of hydrogen-bond donors (Lipinski definition) is 3. The van der Waals surface area contributed by atoms with Crippen LogP contribution in [0.2, 0.25) is 0 Å². The van der Waals surface area contributed by atoms with E-state index in [1.54, 1.807) is 0 Å². The van der Waals surface area contributed by atoms with Gasteiger partial charge in [0.05, 0.1) is 4.92 Å². The lowest BCUT2D eigenvalue weighted by atomic mass is 9.96. The van der Waals surface area contributed by atoms with Gasteiger partial charge in [0.2, 0.25) is 17.6 Å². The molecule has 8 nitrogen and oxygen atoms in total. The first-order valence-corrected chi connectivity index (χ1v) is 8.14. The molecule has 1 aromatic carbocycles. The van der Waals surface area contributed by atoms with E-state index in [0.717, 1.165) is 25.7 Å². The van der Waals surface area contributed by atoms with Crippen molar-refractivity contribution in [3.8, 4) is 0 Å². The Kier molecular flexibility index (Phi) is 4.92. The van der Waals surface area contributed by atoms with E-state index in [2.05, 4.69) is 20.6 Å². The lowest BCUT2D eigenvalue weighted by Gasteiger charge is -2.23. The smallest absolute Gasteiger partial charge is 0.353 e. The van der Waals surface area contributed by atoms with Gasteiger partial charge >= 0.3 is 5.69 Å². The molecule has 1 saturated carbocycles. The Balaban J connectivity index is 1.89. The molecule has 0 atom stereocenters. The topological polar surface area (TPSA) is 119 Å². The van der Waals surface area contributed by atoms with Gasteiger partial charge in [0, 0.05) is 11.7 Å². The first kappa shape index (κ1) is 16.9. The maximum Gasteiger partial charge on any atom is 0.353 e. The van der Waals surface area contributed by atoms with Crippen molar-refractivity contribution in [2.75, 3.05) is 16.4 Å². The van der Waals surface area contributed by atoms with Crippen LogP contribution in [0.1, 0.15) is 32.1 Å². The van der Waals surface area contributed by atoms with Crippen molar-refractivity contribution in [1.82, 2.24) is 9.97 Å². The molecule has 9 heteroatoms. The molecule has 0 amide bonds. The number of rotatable bonds is 5. The zero-order valence-corrected chi connectivity index (χ0v) is 13.5. The molecule has 0 radical (unpaired) electrons. The summed E-state index contributed by atoms with van der Waals surface area (Å²) < 4.78 is 13.0. The maximum atomic E-state index is 13.0. The maximum absolute atomic E-state index is 13.0. The number of aromatic nitrogens is 2. The van der Waals surface area contributed by atoms with E-state index in [4.69, 9.17) is 5.73 Å². The summed E-state index contributed by atoms with van der Waals surface area (Å²) in [5, 5.41) is 17.3. The Bertz CT molecular complexity index is 762. The van der Waals surface area contributed by atoms with Crippen molar-refractivity contribution in [1.29, 1.82) is 0 Å². The Labute approximate surface area is 143 Å². The van der Waals surface area contributed by atoms with Crippen LogP contribution in [0.15, 0.2) is 24.3 Å². The molecule has 0 unspecified atom stereocenters. The molecule has 25 heavy (non-hydrogen) atoms. The number of nitrogens with one attached hydrogen (secondary N) is 2. The molecule has 1 aromatic heterocycles. The first-order chi connectivity index (χ1) is 12.0. The van der Waals surface area contributed by atoms with Crippen LogP contribution in [0.5, 0.6) is 0 Å². The summed E-state index contributed by atoms with van der Waals surface area (Å²) in [6, 6.07) is 5.66. The molecular weight excluding hydrogens is 327 g/mol. The molecule has 1 fully saturated rings. The van der Waals surface area contributed by atoms with E-state index < -0.39 is 16.4 Å². The predicted octanol–water partition coefficient (Wildman–Crippen LogP) is 3.59. The van der Waals surface area contributed by atoms with Crippen LogP contribution in [0.25, 0.3) is 0 Å². The van der Waals surface area contributed by atoms with E-state index in [9.17, 15) is 14.5 Å². The number of nitrogens with two attached hydrogens (primary N) is 1. The van der Waals surface area contributed by atoms with Crippen molar-refractivity contribution < 1.29 is 9.31 Å². The molecule has 0 aliphatic heterocycles. The molecular formula is C16H19FN6O2. The van der Waals surface area contributed by atoms with Crippen molar-refractivity contribution in [2.24, 2.45) is 0 Å². The molecule has 4 N–H and O–H groups in total. The molecule has 132 valence electrons. The van der Waals surface area contributed by atoms with Gasteiger partial charge in [0.1, 0.15) is 5.82 Å². The fourth-order valence-electron chi connectivity index (χ4n) is 2.90. The van der Waals surface area contributed by atoms with Gasteiger partial charge in [-0.25, -0.2) is 4.39 Å². The highest BCUT2D eigenvalue weighted by molar-refractivity contribution is 5.74. The predicted molar refractivity (Wildman–Crippen MR) is 93.3 cm³/mol. The van der Waals surface area contributed by atoms with E-state index in [1.807, 2.05) is 0 Å². The van der Waals surface area contributed by atoms with Gasteiger partial charge in [-0.2, -0.15) is 9.97 Å².